The van der Waals surface area contributed by atoms with Crippen molar-refractivity contribution < 1.29 is 0 Å². The lowest BCUT2D eigenvalue weighted by molar-refractivity contribution is 0.120. The predicted molar refractivity (Wildman–Crippen MR) is 110 cm³/mol. The van der Waals surface area contributed by atoms with Gasteiger partial charge in [-0.15, -0.1) is 0 Å². The van der Waals surface area contributed by atoms with E-state index in [1.807, 2.05) is 7.05 Å². The van der Waals surface area contributed by atoms with Crippen LogP contribution in [0.25, 0.3) is 0 Å². The third-order valence-corrected chi connectivity index (χ3v) is 6.24. The van der Waals surface area contributed by atoms with Gasteiger partial charge in [-0.3, -0.25) is 9.89 Å². The van der Waals surface area contributed by atoms with E-state index in [-0.39, 0.29) is 5.41 Å². The van der Waals surface area contributed by atoms with Crippen LogP contribution < -0.4 is 10.6 Å². The van der Waals surface area contributed by atoms with Gasteiger partial charge in [0.15, 0.2) is 5.96 Å². The van der Waals surface area contributed by atoms with Gasteiger partial charge >= 0.3 is 0 Å². The molecule has 0 spiro atoms. The third kappa shape index (κ3) is 4.57. The summed E-state index contributed by atoms with van der Waals surface area (Å²) in [5.74, 6) is 0.924. The van der Waals surface area contributed by atoms with Gasteiger partial charge in [-0.2, -0.15) is 0 Å². The Labute approximate surface area is 158 Å². The number of aliphatic imine (C=N–C) groups is 1. The van der Waals surface area contributed by atoms with Crippen molar-refractivity contribution in [2.24, 2.45) is 4.99 Å². The minimum atomic E-state index is 0.280. The second kappa shape index (κ2) is 8.87. The molecule has 144 valence electrons. The minimum absolute atomic E-state index is 0.280. The van der Waals surface area contributed by atoms with Gasteiger partial charge in [-0.25, -0.2) is 0 Å². The van der Waals surface area contributed by atoms with Crippen molar-refractivity contribution in [1.82, 2.24) is 20.4 Å². The van der Waals surface area contributed by atoms with Crippen LogP contribution >= 0.6 is 0 Å². The Kier molecular flexibility index (Phi) is 6.54. The largest absolute Gasteiger partial charge is 0.356 e. The molecule has 2 aliphatic rings. The molecule has 1 aromatic rings. The Balaban J connectivity index is 1.47. The minimum Gasteiger partial charge on any atom is -0.356 e. The number of nitrogens with one attached hydrogen (secondary N) is 2. The molecule has 0 bridgehead atoms. The lowest BCUT2D eigenvalue weighted by atomic mass is 9.64. The molecule has 3 rings (SSSR count). The predicted octanol–water partition coefficient (Wildman–Crippen LogP) is 1.91. The highest BCUT2D eigenvalue weighted by Gasteiger charge is 2.38. The summed E-state index contributed by atoms with van der Waals surface area (Å²) in [7, 11) is 4.07. The molecule has 1 unspecified atom stereocenters. The quantitative estimate of drug-likeness (QED) is 0.603. The highest BCUT2D eigenvalue weighted by atomic mass is 15.3. The Morgan fingerprint density at radius 1 is 1.12 bits per heavy atom. The van der Waals surface area contributed by atoms with Crippen molar-refractivity contribution in [1.29, 1.82) is 0 Å². The van der Waals surface area contributed by atoms with Gasteiger partial charge in [0.05, 0.1) is 0 Å². The van der Waals surface area contributed by atoms with Crippen LogP contribution in [-0.4, -0.2) is 75.2 Å². The van der Waals surface area contributed by atoms with Crippen molar-refractivity contribution in [2.45, 2.75) is 37.6 Å². The van der Waals surface area contributed by atoms with Gasteiger partial charge in [0.2, 0.25) is 0 Å². The van der Waals surface area contributed by atoms with Crippen LogP contribution in [0.5, 0.6) is 0 Å². The maximum absolute atomic E-state index is 4.44. The molecule has 1 atom stereocenters. The third-order valence-electron chi connectivity index (χ3n) is 6.24. The first-order valence-electron chi connectivity index (χ1n) is 10.1. The molecule has 1 aliphatic heterocycles. The van der Waals surface area contributed by atoms with Crippen molar-refractivity contribution in [3.05, 3.63) is 35.9 Å². The summed E-state index contributed by atoms with van der Waals surface area (Å²) in [6, 6.07) is 11.5. The van der Waals surface area contributed by atoms with Crippen molar-refractivity contribution in [3.63, 3.8) is 0 Å². The van der Waals surface area contributed by atoms with E-state index in [1.165, 1.54) is 24.8 Å². The average molecular weight is 358 g/mol. The smallest absolute Gasteiger partial charge is 0.191 e. The summed E-state index contributed by atoms with van der Waals surface area (Å²) < 4.78 is 0. The van der Waals surface area contributed by atoms with E-state index in [0.29, 0.717) is 6.04 Å². The van der Waals surface area contributed by atoms with Crippen molar-refractivity contribution in [2.75, 3.05) is 53.4 Å². The first-order chi connectivity index (χ1) is 12.6. The normalized spacial score (nSPS) is 22.5. The van der Waals surface area contributed by atoms with Crippen LogP contribution in [0.1, 0.15) is 31.7 Å². The molecule has 5 nitrogen and oxygen atoms in total. The van der Waals surface area contributed by atoms with Gasteiger partial charge in [0.1, 0.15) is 0 Å². The van der Waals surface area contributed by atoms with Crippen LogP contribution in [0.3, 0.4) is 0 Å². The van der Waals surface area contributed by atoms with E-state index < -0.39 is 0 Å². The van der Waals surface area contributed by atoms with E-state index in [9.17, 15) is 0 Å². The summed E-state index contributed by atoms with van der Waals surface area (Å²) in [6.45, 7) is 8.84. The number of rotatable bonds is 6. The van der Waals surface area contributed by atoms with Gasteiger partial charge in [-0.05, 0) is 32.4 Å². The second-order valence-electron chi connectivity index (χ2n) is 7.99. The molecule has 1 aliphatic carbocycles. The molecule has 2 N–H and O–H groups in total. The molecule has 0 aromatic heterocycles. The molecule has 1 aromatic carbocycles. The summed E-state index contributed by atoms with van der Waals surface area (Å²) in [5, 5.41) is 7.12. The number of hydrogen-bond acceptors (Lipinski definition) is 3. The SMILES string of the molecule is CN=C(NCC(C)N1CCN(C)CC1)NCC1(c2ccccc2)CCC1. The second-order valence-corrected chi connectivity index (χ2v) is 7.99. The lowest BCUT2D eigenvalue weighted by Gasteiger charge is -2.43. The lowest BCUT2D eigenvalue weighted by Crippen LogP contribution is -2.53. The molecule has 2 fully saturated rings. The molecule has 1 saturated heterocycles. The fourth-order valence-electron chi connectivity index (χ4n) is 4.07. The number of guanidine groups is 1. The highest BCUT2D eigenvalue weighted by molar-refractivity contribution is 5.79. The Bertz CT molecular complexity index is 573. The number of nitrogens with zero attached hydrogens (tertiary/aromatic N) is 3. The van der Waals surface area contributed by atoms with Gasteiger partial charge < -0.3 is 15.5 Å². The molecular formula is C21H35N5. The summed E-state index contributed by atoms with van der Waals surface area (Å²) in [4.78, 5) is 9.41. The van der Waals surface area contributed by atoms with Gasteiger partial charge in [0, 0.05) is 57.8 Å². The topological polar surface area (TPSA) is 42.9 Å². The monoisotopic (exact) mass is 357 g/mol. The van der Waals surface area contributed by atoms with Gasteiger partial charge in [-0.1, -0.05) is 36.8 Å². The maximum atomic E-state index is 4.44. The van der Waals surface area contributed by atoms with Gasteiger partial charge in [0.25, 0.3) is 0 Å². The van der Waals surface area contributed by atoms with Crippen LogP contribution in [-0.2, 0) is 5.41 Å². The van der Waals surface area contributed by atoms with Crippen LogP contribution in [0.2, 0.25) is 0 Å². The van der Waals surface area contributed by atoms with E-state index in [0.717, 1.165) is 45.2 Å². The molecule has 0 radical (unpaired) electrons. The summed E-state index contributed by atoms with van der Waals surface area (Å²) in [6.07, 6.45) is 3.85. The first-order valence-corrected chi connectivity index (χ1v) is 10.1. The zero-order valence-corrected chi connectivity index (χ0v) is 16.7. The van der Waals surface area contributed by atoms with Crippen LogP contribution in [0.15, 0.2) is 35.3 Å². The average Bonchev–Trinajstić information content (AvgIpc) is 2.64. The number of likely N-dealkylation sites (N-methyl/N-ethyl adjacent to an activating group) is 1. The van der Waals surface area contributed by atoms with E-state index in [1.54, 1.807) is 0 Å². The summed E-state index contributed by atoms with van der Waals surface area (Å²) >= 11 is 0. The Morgan fingerprint density at radius 3 is 2.38 bits per heavy atom. The van der Waals surface area contributed by atoms with E-state index in [2.05, 4.69) is 69.7 Å². The van der Waals surface area contributed by atoms with Crippen LogP contribution in [0.4, 0.5) is 0 Å². The molecule has 26 heavy (non-hydrogen) atoms. The Hall–Kier alpha value is -1.59. The first kappa shape index (κ1) is 19.2. The highest BCUT2D eigenvalue weighted by Crippen LogP contribution is 2.43. The zero-order valence-electron chi connectivity index (χ0n) is 16.7. The standard InChI is InChI=1S/C21H35N5/c1-18(26-14-12-25(3)13-15-26)16-23-20(22-2)24-17-21(10-7-11-21)19-8-5-4-6-9-19/h4-6,8-9,18H,7,10-17H2,1-3H3,(H2,22,23,24). The van der Waals surface area contributed by atoms with Crippen molar-refractivity contribution in [3.8, 4) is 0 Å². The number of hydrogen-bond donors (Lipinski definition) is 2. The zero-order chi connectivity index (χ0) is 18.4. The van der Waals surface area contributed by atoms with E-state index in [4.69, 9.17) is 0 Å². The maximum Gasteiger partial charge on any atom is 0.191 e. The van der Waals surface area contributed by atoms with E-state index >= 15 is 0 Å². The summed E-state index contributed by atoms with van der Waals surface area (Å²) in [5.41, 5.74) is 1.74. The molecule has 5 heteroatoms. The molecule has 0 amide bonds. The van der Waals surface area contributed by atoms with Crippen LogP contribution in [0, 0.1) is 0 Å². The fraction of sp³-hybridized carbons (Fsp3) is 0.667. The molecular weight excluding hydrogens is 322 g/mol. The fourth-order valence-corrected chi connectivity index (χ4v) is 4.07. The molecule has 1 saturated carbocycles. The number of piperazine rings is 1. The molecule has 1 heterocycles. The van der Waals surface area contributed by atoms with Crippen molar-refractivity contribution >= 4 is 5.96 Å². The number of benzene rings is 1. The Morgan fingerprint density at radius 2 is 1.81 bits per heavy atom.